The monoisotopic (exact) mass is 180 g/mol. The number of hydrogen-bond donors (Lipinski definition) is 3. The zero-order valence-corrected chi connectivity index (χ0v) is 6.65. The summed E-state index contributed by atoms with van der Waals surface area (Å²) < 4.78 is 0. The van der Waals surface area contributed by atoms with Crippen LogP contribution in [-0.4, -0.2) is 11.1 Å². The third-order valence-corrected chi connectivity index (χ3v) is 1.56. The first-order valence-corrected chi connectivity index (χ1v) is 3.45. The number of hydrogen-bond acceptors (Lipinski definition) is 4. The summed E-state index contributed by atoms with van der Waals surface area (Å²) in [7, 11) is 0. The Hall–Kier alpha value is -2.04. The third kappa shape index (κ3) is 1.58. The van der Waals surface area contributed by atoms with Crippen molar-refractivity contribution in [2.45, 2.75) is 0 Å². The lowest BCUT2D eigenvalue weighted by molar-refractivity contribution is 0.0697. The highest BCUT2D eigenvalue weighted by Crippen LogP contribution is 2.14. The second-order valence-electron chi connectivity index (χ2n) is 2.44. The Morgan fingerprint density at radius 3 is 2.46 bits per heavy atom. The van der Waals surface area contributed by atoms with Crippen molar-refractivity contribution in [2.75, 3.05) is 11.5 Å². The van der Waals surface area contributed by atoms with Gasteiger partial charge in [0.1, 0.15) is 5.56 Å². The van der Waals surface area contributed by atoms with Gasteiger partial charge in [0.15, 0.2) is 5.43 Å². The topological polar surface area (TPSA) is 106 Å². The highest BCUT2D eigenvalue weighted by Gasteiger charge is 2.12. The molecule has 0 aliphatic rings. The summed E-state index contributed by atoms with van der Waals surface area (Å²) in [4.78, 5) is 21.7. The Bertz CT molecular complexity index is 415. The summed E-state index contributed by atoms with van der Waals surface area (Å²) in [5.41, 5.74) is 9.49. The number of nitrogens with two attached hydrogens (primary N) is 2. The van der Waals surface area contributed by atoms with E-state index in [0.29, 0.717) is 0 Å². The molecule has 0 atom stereocenters. The van der Waals surface area contributed by atoms with Gasteiger partial charge in [-0.2, -0.15) is 0 Å². The van der Waals surface area contributed by atoms with Crippen LogP contribution in [0.15, 0.2) is 23.0 Å². The van der Waals surface area contributed by atoms with Gasteiger partial charge in [0.25, 0.3) is 0 Å². The number of anilines is 2. The normalized spacial score (nSPS) is 9.54. The van der Waals surface area contributed by atoms with Gasteiger partial charge < -0.3 is 16.6 Å². The molecule has 1 aromatic carbocycles. The molecule has 0 aliphatic carbocycles. The molecule has 0 radical (unpaired) electrons. The van der Waals surface area contributed by atoms with E-state index in [1.165, 1.54) is 12.1 Å². The molecule has 0 amide bonds. The van der Waals surface area contributed by atoms with Crippen molar-refractivity contribution >= 4 is 17.3 Å². The maximum atomic E-state index is 11.1. The van der Waals surface area contributed by atoms with Crippen molar-refractivity contribution in [3.8, 4) is 0 Å². The zero-order valence-electron chi connectivity index (χ0n) is 6.65. The van der Waals surface area contributed by atoms with Crippen LogP contribution >= 0.6 is 0 Å². The second kappa shape index (κ2) is 3.14. The van der Waals surface area contributed by atoms with Gasteiger partial charge in [-0.15, -0.1) is 0 Å². The first-order valence-electron chi connectivity index (χ1n) is 3.45. The summed E-state index contributed by atoms with van der Waals surface area (Å²) >= 11 is 0. The van der Waals surface area contributed by atoms with Crippen LogP contribution in [0.2, 0.25) is 0 Å². The van der Waals surface area contributed by atoms with Crippen molar-refractivity contribution in [3.05, 3.63) is 34.0 Å². The molecule has 1 aromatic rings. The molecular weight excluding hydrogens is 172 g/mol. The van der Waals surface area contributed by atoms with Crippen LogP contribution in [0.25, 0.3) is 0 Å². The van der Waals surface area contributed by atoms with Gasteiger partial charge in [0, 0.05) is 0 Å². The lowest BCUT2D eigenvalue weighted by Gasteiger charge is -1.96. The van der Waals surface area contributed by atoms with Gasteiger partial charge in [-0.05, 0) is 12.1 Å². The predicted molar refractivity (Wildman–Crippen MR) is 48.5 cm³/mol. The molecule has 5 heteroatoms. The number of carbonyl (C=O) groups is 1. The molecule has 0 bridgehead atoms. The molecule has 0 aliphatic heterocycles. The highest BCUT2D eigenvalue weighted by molar-refractivity contribution is 5.96. The average Bonchev–Trinajstić information content (AvgIpc) is 2.13. The molecular formula is C8H8N2O3. The van der Waals surface area contributed by atoms with Crippen LogP contribution in [0, 0.1) is 0 Å². The molecule has 0 spiro atoms. The highest BCUT2D eigenvalue weighted by atomic mass is 16.4. The Labute approximate surface area is 73.6 Å². The first-order chi connectivity index (χ1) is 6.04. The molecule has 5 N–H and O–H groups in total. The Kier molecular flexibility index (Phi) is 2.19. The Morgan fingerprint density at radius 1 is 1.31 bits per heavy atom. The van der Waals surface area contributed by atoms with Gasteiger partial charge in [-0.1, -0.05) is 6.07 Å². The maximum absolute atomic E-state index is 11.1. The minimum absolute atomic E-state index is 0.0829. The van der Waals surface area contributed by atoms with Crippen LogP contribution < -0.4 is 16.9 Å². The first kappa shape index (κ1) is 9.05. The largest absolute Gasteiger partial charge is 0.477 e. The van der Waals surface area contributed by atoms with E-state index in [-0.39, 0.29) is 11.4 Å². The number of nitrogen functional groups attached to an aromatic ring is 2. The summed E-state index contributed by atoms with van der Waals surface area (Å²) in [6, 6.07) is 3.85. The summed E-state index contributed by atoms with van der Waals surface area (Å²) in [5, 5.41) is 8.65. The van der Waals surface area contributed by atoms with Crippen molar-refractivity contribution < 1.29 is 9.90 Å². The minimum Gasteiger partial charge on any atom is -0.477 e. The van der Waals surface area contributed by atoms with Crippen molar-refractivity contribution in [1.29, 1.82) is 0 Å². The fourth-order valence-electron chi connectivity index (χ4n) is 0.910. The third-order valence-electron chi connectivity index (χ3n) is 1.56. The lowest BCUT2D eigenvalue weighted by atomic mass is 10.2. The summed E-state index contributed by atoms with van der Waals surface area (Å²) in [6.45, 7) is 0. The van der Waals surface area contributed by atoms with Crippen molar-refractivity contribution in [3.63, 3.8) is 0 Å². The fourth-order valence-corrected chi connectivity index (χ4v) is 0.910. The van der Waals surface area contributed by atoms with Crippen LogP contribution in [0.3, 0.4) is 0 Å². The number of carboxylic acids is 1. The van der Waals surface area contributed by atoms with Crippen molar-refractivity contribution in [2.24, 2.45) is 0 Å². The van der Waals surface area contributed by atoms with Gasteiger partial charge in [-0.25, -0.2) is 4.79 Å². The molecule has 68 valence electrons. The maximum Gasteiger partial charge on any atom is 0.341 e. The van der Waals surface area contributed by atoms with E-state index in [2.05, 4.69) is 0 Å². The van der Waals surface area contributed by atoms with E-state index in [0.717, 1.165) is 6.07 Å². The SMILES string of the molecule is Nc1cccc(=O)c(C(=O)O)c1N. The van der Waals surface area contributed by atoms with Gasteiger partial charge >= 0.3 is 5.97 Å². The van der Waals surface area contributed by atoms with Crippen LogP contribution in [-0.2, 0) is 0 Å². The minimum atomic E-state index is -1.37. The van der Waals surface area contributed by atoms with Gasteiger partial charge in [0.05, 0.1) is 11.4 Å². The fraction of sp³-hybridized carbons (Fsp3) is 0. The second-order valence-corrected chi connectivity index (χ2v) is 2.44. The lowest BCUT2D eigenvalue weighted by Crippen LogP contribution is -2.14. The Balaban J connectivity index is 3.68. The predicted octanol–water partition coefficient (Wildman–Crippen LogP) is -0.0906. The molecule has 0 saturated carbocycles. The molecule has 0 aromatic heterocycles. The van der Waals surface area contributed by atoms with E-state index in [1.807, 2.05) is 0 Å². The summed E-state index contributed by atoms with van der Waals surface area (Å²) in [6.07, 6.45) is 0. The van der Waals surface area contributed by atoms with E-state index in [4.69, 9.17) is 16.6 Å². The number of rotatable bonds is 1. The van der Waals surface area contributed by atoms with E-state index in [1.54, 1.807) is 0 Å². The molecule has 1 rings (SSSR count). The van der Waals surface area contributed by atoms with Gasteiger partial charge in [0.2, 0.25) is 0 Å². The standard InChI is InChI=1S/C8H8N2O3/c9-4-2-1-3-5(11)6(7(4)10)8(12)13/h1-3H,9-10H2,(H,12,13). The van der Waals surface area contributed by atoms with Gasteiger partial charge in [-0.3, -0.25) is 4.79 Å². The molecule has 5 nitrogen and oxygen atoms in total. The number of carboxylic acid groups (broad SMARTS) is 1. The van der Waals surface area contributed by atoms with Crippen LogP contribution in [0.4, 0.5) is 11.4 Å². The van der Waals surface area contributed by atoms with Crippen LogP contribution in [0.5, 0.6) is 0 Å². The van der Waals surface area contributed by atoms with E-state index >= 15 is 0 Å². The average molecular weight is 180 g/mol. The zero-order chi connectivity index (χ0) is 10.0. The molecule has 0 heterocycles. The smallest absolute Gasteiger partial charge is 0.341 e. The van der Waals surface area contributed by atoms with E-state index in [9.17, 15) is 9.59 Å². The van der Waals surface area contributed by atoms with E-state index < -0.39 is 17.0 Å². The Morgan fingerprint density at radius 2 is 1.92 bits per heavy atom. The quantitative estimate of drug-likeness (QED) is 0.559. The van der Waals surface area contributed by atoms with Crippen molar-refractivity contribution in [1.82, 2.24) is 0 Å². The number of aromatic carboxylic acids is 1. The summed E-state index contributed by atoms with van der Waals surface area (Å²) in [5.74, 6) is -1.37. The molecule has 0 fully saturated rings. The molecule has 0 saturated heterocycles. The molecule has 0 unspecified atom stereocenters. The molecule has 13 heavy (non-hydrogen) atoms. The van der Waals surface area contributed by atoms with Crippen LogP contribution in [0.1, 0.15) is 10.4 Å².